The first kappa shape index (κ1) is 85.2. The molecule has 2 N–H and O–H groups in total. The Kier molecular flexibility index (Phi) is 46.5. The van der Waals surface area contributed by atoms with E-state index in [9.17, 15) is 62.6 Å². The number of Topliss-reactive ketones (excluding diaryl/α,β-unsaturated/α-hetero) is 1. The number of carbonyl (C=O) groups excluding carboxylic acids is 10. The minimum absolute atomic E-state index is 0.0134. The van der Waals surface area contributed by atoms with Crippen LogP contribution in [0.15, 0.2) is 61.9 Å². The van der Waals surface area contributed by atoms with Gasteiger partial charge in [-0.1, -0.05) is 87.6 Å². The lowest BCUT2D eigenvalue weighted by Crippen LogP contribution is -2.46. The van der Waals surface area contributed by atoms with Crippen molar-refractivity contribution in [2.45, 2.75) is 180 Å². The zero-order valence-electron chi connectivity index (χ0n) is 54.5. The maximum Gasteiger partial charge on any atom is 0.333 e. The predicted molar refractivity (Wildman–Crippen MR) is 325 cm³/mol. The summed E-state index contributed by atoms with van der Waals surface area (Å²) in [5, 5.41) is 17.8. The molecule has 5 unspecified atom stereocenters. The molecule has 0 saturated carbocycles. The molecule has 2 saturated heterocycles. The number of rotatable bonds is 31. The SMILES string of the molecule is C=C(C)C(=O)OC.C=C(C)C(=O)OCC(C)C.C=CC(=O)O.C=CN1CCCC1=O.CCCCOC(=O)/C=C\C(C)=O.CCCCOC(=O)C(C)C(CC(C)(CC(CC(CC(C)(C)C(=O)OC)C(=O)O)N1CCCC1=O)C(=O)OCC(C)C)C(C)=O. The molecule has 5 atom stereocenters. The van der Waals surface area contributed by atoms with Gasteiger partial charge in [0.05, 0.1) is 63.3 Å². The monoisotopic (exact) mass is 1220 g/mol. The second-order valence-corrected chi connectivity index (χ2v) is 22.6. The van der Waals surface area contributed by atoms with Gasteiger partial charge in [-0.25, -0.2) is 19.2 Å². The van der Waals surface area contributed by atoms with E-state index in [1.54, 1.807) is 57.5 Å². The van der Waals surface area contributed by atoms with Gasteiger partial charge in [0.25, 0.3) is 0 Å². The lowest BCUT2D eigenvalue weighted by molar-refractivity contribution is -0.162. The molecule has 0 radical (unpaired) electrons. The Hall–Kier alpha value is -7.26. The first-order valence-electron chi connectivity index (χ1n) is 29.0. The number of allylic oxidation sites excluding steroid dienone is 1. The van der Waals surface area contributed by atoms with Gasteiger partial charge in [-0.2, -0.15) is 0 Å². The number of carboxylic acids is 2. The van der Waals surface area contributed by atoms with Gasteiger partial charge in [0.15, 0.2) is 5.78 Å². The van der Waals surface area contributed by atoms with Crippen LogP contribution >= 0.6 is 0 Å². The van der Waals surface area contributed by atoms with Crippen LogP contribution in [0.1, 0.15) is 174 Å². The van der Waals surface area contributed by atoms with E-state index in [0.29, 0.717) is 62.5 Å². The van der Waals surface area contributed by atoms with Crippen molar-refractivity contribution in [2.75, 3.05) is 53.7 Å². The Bertz CT molecular complexity index is 2260. The van der Waals surface area contributed by atoms with Gasteiger partial charge in [-0.15, -0.1) is 0 Å². The minimum atomic E-state index is -1.35. The summed E-state index contributed by atoms with van der Waals surface area (Å²) in [5.74, 6) is -7.56. The molecule has 0 spiro atoms. The Labute approximate surface area is 511 Å². The number of hydrogen-bond acceptors (Lipinski definition) is 18. The summed E-state index contributed by atoms with van der Waals surface area (Å²) in [4.78, 5) is 143. The molecule has 2 amide bonds. The van der Waals surface area contributed by atoms with Crippen molar-refractivity contribution >= 4 is 71.1 Å². The highest BCUT2D eigenvalue weighted by atomic mass is 16.5. The van der Waals surface area contributed by atoms with Crippen LogP contribution < -0.4 is 0 Å². The molecule has 2 heterocycles. The molecular formula is C64H104N2O20. The van der Waals surface area contributed by atoms with Gasteiger partial charge in [0.2, 0.25) is 11.8 Å². The standard InChI is InChI=1S/C33H55NO10.C9H14O3.C8H14O2.C6H9NO.C5H8O2.C3H4O2/c1-10-11-15-43-29(39)22(4)26(23(5)35)19-33(8,31(41)44-20-21(2)3)18-25(34-14-12-13-27(34)36)16-24(28(37)38)17-32(6,7)30(40)42-9;1-3-4-7-12-9(11)6-5-8(2)10;1-6(2)5-10-8(9)7(3)4;1-2-7-5-3-4-6(7)8;1-4(2)5(6)7-3;1-2-3(4)5/h21-22,24-26H,10-20H2,1-9H3,(H,37,38);5-6H,3-4,7H2,1-2H3;6H,3,5H2,1-2,4H3;2H,1,3-5H2;1H2,2-3H3;2H,1H2,(H,4,5)/b;6-5-;;;;. The third-order valence-corrected chi connectivity index (χ3v) is 12.7. The largest absolute Gasteiger partial charge is 0.481 e. The molecule has 22 nitrogen and oxygen atoms in total. The number of nitrogens with zero attached hydrogens (tertiary/aromatic N) is 2. The normalized spacial score (nSPS) is 14.4. The third-order valence-electron chi connectivity index (χ3n) is 12.7. The number of aliphatic carboxylic acids is 2. The van der Waals surface area contributed by atoms with Crippen molar-refractivity contribution in [3.8, 4) is 0 Å². The Morgan fingerprint density at radius 2 is 1.15 bits per heavy atom. The molecule has 0 aromatic heterocycles. The lowest BCUT2D eigenvalue weighted by atomic mass is 9.70. The van der Waals surface area contributed by atoms with E-state index < -0.39 is 70.4 Å². The van der Waals surface area contributed by atoms with Crippen LogP contribution in [-0.2, 0) is 86.0 Å². The summed E-state index contributed by atoms with van der Waals surface area (Å²) in [5.41, 5.74) is -1.56. The highest BCUT2D eigenvalue weighted by Crippen LogP contribution is 2.41. The number of ketones is 2. The summed E-state index contributed by atoms with van der Waals surface area (Å²) in [6.07, 6.45) is 10.6. The molecule has 22 heteroatoms. The minimum Gasteiger partial charge on any atom is -0.481 e. The van der Waals surface area contributed by atoms with Gasteiger partial charge in [-0.05, 0) is 124 Å². The topological polar surface area (TPSA) is 307 Å². The van der Waals surface area contributed by atoms with Crippen molar-refractivity contribution in [3.05, 3.63) is 61.9 Å². The van der Waals surface area contributed by atoms with Crippen LogP contribution in [0.3, 0.4) is 0 Å². The van der Waals surface area contributed by atoms with E-state index in [4.69, 9.17) is 28.8 Å². The van der Waals surface area contributed by atoms with Gasteiger partial charge in [-0.3, -0.25) is 38.4 Å². The van der Waals surface area contributed by atoms with Crippen LogP contribution in [0.2, 0.25) is 0 Å². The molecular weight excluding hydrogens is 1120 g/mol. The second-order valence-electron chi connectivity index (χ2n) is 22.6. The van der Waals surface area contributed by atoms with Crippen LogP contribution in [0.4, 0.5) is 0 Å². The molecule has 2 aliphatic heterocycles. The van der Waals surface area contributed by atoms with E-state index in [1.807, 2.05) is 41.5 Å². The Morgan fingerprint density at radius 3 is 1.51 bits per heavy atom. The number of ether oxygens (including phenoxy) is 6. The van der Waals surface area contributed by atoms with E-state index in [2.05, 4.69) is 31.1 Å². The van der Waals surface area contributed by atoms with Crippen molar-refractivity contribution in [2.24, 2.45) is 40.4 Å². The fourth-order valence-electron chi connectivity index (χ4n) is 7.86. The second kappa shape index (κ2) is 47.0. The fourth-order valence-corrected chi connectivity index (χ4v) is 7.86. The molecule has 0 bridgehead atoms. The molecule has 0 aromatic rings. The summed E-state index contributed by atoms with van der Waals surface area (Å²) in [7, 11) is 2.57. The Morgan fingerprint density at radius 1 is 0.651 bits per heavy atom. The van der Waals surface area contributed by atoms with E-state index >= 15 is 0 Å². The molecule has 2 aliphatic rings. The highest BCUT2D eigenvalue weighted by Gasteiger charge is 2.47. The molecule has 0 aromatic carbocycles. The van der Waals surface area contributed by atoms with Crippen molar-refractivity contribution < 1.29 is 96.2 Å². The highest BCUT2D eigenvalue weighted by molar-refractivity contribution is 5.94. The van der Waals surface area contributed by atoms with E-state index in [1.165, 1.54) is 34.1 Å². The Balaban J connectivity index is -0.000000632. The predicted octanol–water partition coefficient (Wildman–Crippen LogP) is 9.81. The number of carbonyl (C=O) groups is 12. The number of amides is 2. The molecule has 2 fully saturated rings. The van der Waals surface area contributed by atoms with Crippen LogP contribution in [0.25, 0.3) is 0 Å². The molecule has 490 valence electrons. The van der Waals surface area contributed by atoms with Crippen LogP contribution in [0.5, 0.6) is 0 Å². The quantitative estimate of drug-likeness (QED) is 0.0282. The van der Waals surface area contributed by atoms with E-state index in [-0.39, 0.29) is 80.1 Å². The first-order chi connectivity index (χ1) is 39.9. The van der Waals surface area contributed by atoms with Crippen LogP contribution in [-0.4, -0.2) is 151 Å². The maximum atomic E-state index is 13.8. The van der Waals surface area contributed by atoms with Crippen molar-refractivity contribution in [3.63, 3.8) is 0 Å². The zero-order chi connectivity index (χ0) is 67.5. The molecule has 0 aliphatic carbocycles. The van der Waals surface area contributed by atoms with Gasteiger partial charge < -0.3 is 48.4 Å². The number of carboxylic acid groups (broad SMARTS) is 2. The number of unbranched alkanes of at least 4 members (excludes halogenated alkanes) is 2. The summed E-state index contributed by atoms with van der Waals surface area (Å²) in [6.45, 7) is 40.0. The number of likely N-dealkylation sites (tertiary alicyclic amines) is 2. The molecule has 2 rings (SSSR count). The summed E-state index contributed by atoms with van der Waals surface area (Å²) < 4.78 is 29.8. The first-order valence-corrected chi connectivity index (χ1v) is 29.0. The van der Waals surface area contributed by atoms with Gasteiger partial charge in [0.1, 0.15) is 5.78 Å². The number of esters is 6. The van der Waals surface area contributed by atoms with E-state index in [0.717, 1.165) is 44.4 Å². The van der Waals surface area contributed by atoms with Gasteiger partial charge in [0, 0.05) is 61.2 Å². The smallest absolute Gasteiger partial charge is 0.333 e. The lowest BCUT2D eigenvalue weighted by Gasteiger charge is -2.39. The number of methoxy groups -OCH3 is 2. The summed E-state index contributed by atoms with van der Waals surface area (Å²) in [6, 6.07) is -0.699. The summed E-state index contributed by atoms with van der Waals surface area (Å²) >= 11 is 0. The average molecular weight is 1220 g/mol. The van der Waals surface area contributed by atoms with Gasteiger partial charge >= 0.3 is 47.8 Å². The third kappa shape index (κ3) is 40.1. The fraction of sp³-hybridized carbons (Fsp3) is 0.656. The zero-order valence-corrected chi connectivity index (χ0v) is 54.5. The van der Waals surface area contributed by atoms with Crippen LogP contribution in [0, 0.1) is 40.4 Å². The number of hydrogen-bond donors (Lipinski definition) is 2. The van der Waals surface area contributed by atoms with Crippen molar-refractivity contribution in [1.82, 2.24) is 9.80 Å². The molecule has 86 heavy (non-hydrogen) atoms. The average Bonchev–Trinajstić information content (AvgIpc) is 2.63. The van der Waals surface area contributed by atoms with Crippen molar-refractivity contribution in [1.29, 1.82) is 0 Å². The maximum absolute atomic E-state index is 13.8.